The van der Waals surface area contributed by atoms with Crippen LogP contribution in [0.15, 0.2) is 36.4 Å². The Hall–Kier alpha value is -1.74. The van der Waals surface area contributed by atoms with Crippen LogP contribution in [0.2, 0.25) is 0 Å². The fourth-order valence-corrected chi connectivity index (χ4v) is 2.30. The van der Waals surface area contributed by atoms with E-state index in [0.29, 0.717) is 5.56 Å². The Morgan fingerprint density at radius 1 is 0.947 bits per heavy atom. The van der Waals surface area contributed by atoms with Crippen LogP contribution in [0.1, 0.15) is 29.2 Å². The molecule has 1 atom stereocenters. The van der Waals surface area contributed by atoms with E-state index in [2.05, 4.69) is 0 Å². The van der Waals surface area contributed by atoms with Crippen molar-refractivity contribution in [1.82, 2.24) is 0 Å². The monoisotopic (exact) mass is 262 g/mol. The van der Waals surface area contributed by atoms with Gasteiger partial charge in [0.05, 0.1) is 0 Å². The molecule has 0 radical (unpaired) electrons. The molecule has 0 heterocycles. The van der Waals surface area contributed by atoms with Gasteiger partial charge in [-0.1, -0.05) is 29.3 Å². The van der Waals surface area contributed by atoms with E-state index in [1.165, 1.54) is 13.0 Å². The van der Waals surface area contributed by atoms with Gasteiger partial charge >= 0.3 is 0 Å². The Morgan fingerprint density at radius 3 is 2.05 bits per heavy atom. The van der Waals surface area contributed by atoms with Crippen molar-refractivity contribution in [3.05, 3.63) is 70.3 Å². The minimum atomic E-state index is -1.49. The second-order valence-electron chi connectivity index (χ2n) is 5.07. The first-order valence-corrected chi connectivity index (χ1v) is 6.07. The molecule has 2 aromatic rings. The molecular formula is C16H16F2O. The molecule has 0 aliphatic heterocycles. The highest BCUT2D eigenvalue weighted by Gasteiger charge is 2.29. The molecule has 0 saturated carbocycles. The van der Waals surface area contributed by atoms with Gasteiger partial charge in [-0.25, -0.2) is 8.78 Å². The quantitative estimate of drug-likeness (QED) is 0.872. The smallest absolute Gasteiger partial charge is 0.132 e. The second-order valence-corrected chi connectivity index (χ2v) is 5.07. The van der Waals surface area contributed by atoms with E-state index in [0.717, 1.165) is 23.3 Å². The Morgan fingerprint density at radius 2 is 1.53 bits per heavy atom. The largest absolute Gasteiger partial charge is 0.381 e. The third-order valence-corrected chi connectivity index (χ3v) is 3.24. The lowest BCUT2D eigenvalue weighted by Crippen LogP contribution is -2.24. The Bertz CT molecular complexity index is 598. The summed E-state index contributed by atoms with van der Waals surface area (Å²) in [5.41, 5.74) is 1.14. The number of aliphatic hydroxyl groups is 1. The van der Waals surface area contributed by atoms with Crippen molar-refractivity contribution in [2.45, 2.75) is 26.4 Å². The van der Waals surface area contributed by atoms with Crippen molar-refractivity contribution >= 4 is 0 Å². The summed E-state index contributed by atoms with van der Waals surface area (Å²) in [5, 5.41) is 10.6. The average molecular weight is 262 g/mol. The van der Waals surface area contributed by atoms with Gasteiger partial charge in [-0.05, 0) is 38.5 Å². The van der Waals surface area contributed by atoms with E-state index in [1.807, 2.05) is 19.9 Å². The lowest BCUT2D eigenvalue weighted by molar-refractivity contribution is 0.0977. The standard InChI is InChI=1S/C16H16F2O/c1-10-6-11(2)8-12(7-10)16(3,19)14-5-4-13(17)9-15(14)18/h4-9,19H,1-3H3. The van der Waals surface area contributed by atoms with Crippen molar-refractivity contribution < 1.29 is 13.9 Å². The molecule has 1 unspecified atom stereocenters. The molecule has 0 aliphatic rings. The minimum absolute atomic E-state index is 0.0684. The molecule has 0 amide bonds. The number of hydrogen-bond acceptors (Lipinski definition) is 1. The summed E-state index contributed by atoms with van der Waals surface area (Å²) in [6.45, 7) is 5.33. The van der Waals surface area contributed by atoms with Gasteiger partial charge in [0.15, 0.2) is 0 Å². The Kier molecular flexibility index (Phi) is 3.42. The van der Waals surface area contributed by atoms with Gasteiger partial charge < -0.3 is 5.11 Å². The molecule has 2 aromatic carbocycles. The van der Waals surface area contributed by atoms with Crippen LogP contribution >= 0.6 is 0 Å². The maximum atomic E-state index is 13.8. The van der Waals surface area contributed by atoms with Crippen LogP contribution < -0.4 is 0 Å². The van der Waals surface area contributed by atoms with Crippen LogP contribution in [0.5, 0.6) is 0 Å². The van der Waals surface area contributed by atoms with Crippen LogP contribution in [0, 0.1) is 25.5 Å². The Labute approximate surface area is 111 Å². The molecular weight excluding hydrogens is 246 g/mol. The summed E-state index contributed by atoms with van der Waals surface area (Å²) in [5.74, 6) is -1.40. The topological polar surface area (TPSA) is 20.2 Å². The van der Waals surface area contributed by atoms with E-state index in [1.54, 1.807) is 12.1 Å². The lowest BCUT2D eigenvalue weighted by atomic mass is 9.86. The summed E-state index contributed by atoms with van der Waals surface area (Å²) in [4.78, 5) is 0. The Balaban J connectivity index is 2.57. The van der Waals surface area contributed by atoms with Crippen LogP contribution in [0.3, 0.4) is 0 Å². The first kappa shape index (κ1) is 13.7. The zero-order valence-corrected chi connectivity index (χ0v) is 11.2. The lowest BCUT2D eigenvalue weighted by Gasteiger charge is -2.26. The van der Waals surface area contributed by atoms with Gasteiger partial charge in [0.2, 0.25) is 0 Å². The van der Waals surface area contributed by atoms with Gasteiger partial charge in [-0.2, -0.15) is 0 Å². The third-order valence-electron chi connectivity index (χ3n) is 3.24. The first-order valence-electron chi connectivity index (χ1n) is 6.07. The fraction of sp³-hybridized carbons (Fsp3) is 0.250. The molecule has 1 N–H and O–H groups in total. The molecule has 0 aliphatic carbocycles. The molecule has 0 aromatic heterocycles. The second kappa shape index (κ2) is 4.74. The van der Waals surface area contributed by atoms with Crippen molar-refractivity contribution in [3.63, 3.8) is 0 Å². The van der Waals surface area contributed by atoms with Gasteiger partial charge in [-0.3, -0.25) is 0 Å². The first-order chi connectivity index (χ1) is 8.80. The zero-order chi connectivity index (χ0) is 14.2. The van der Waals surface area contributed by atoms with E-state index < -0.39 is 17.2 Å². The molecule has 2 rings (SSSR count). The van der Waals surface area contributed by atoms with Gasteiger partial charge in [0, 0.05) is 11.6 Å². The summed E-state index contributed by atoms with van der Waals surface area (Å²) in [7, 11) is 0. The summed E-state index contributed by atoms with van der Waals surface area (Å²) in [6, 6.07) is 8.79. The predicted molar refractivity (Wildman–Crippen MR) is 70.9 cm³/mol. The molecule has 100 valence electrons. The van der Waals surface area contributed by atoms with Gasteiger partial charge in [0.25, 0.3) is 0 Å². The molecule has 0 saturated heterocycles. The van der Waals surface area contributed by atoms with Crippen molar-refractivity contribution in [1.29, 1.82) is 0 Å². The van der Waals surface area contributed by atoms with Crippen LogP contribution in [-0.2, 0) is 5.60 Å². The zero-order valence-electron chi connectivity index (χ0n) is 11.2. The number of hydrogen-bond donors (Lipinski definition) is 1. The van der Waals surface area contributed by atoms with Crippen LogP contribution in [-0.4, -0.2) is 5.11 Å². The molecule has 19 heavy (non-hydrogen) atoms. The summed E-state index contributed by atoms with van der Waals surface area (Å²) < 4.78 is 26.8. The highest BCUT2D eigenvalue weighted by atomic mass is 19.1. The van der Waals surface area contributed by atoms with E-state index >= 15 is 0 Å². The van der Waals surface area contributed by atoms with Crippen molar-refractivity contribution in [3.8, 4) is 0 Å². The third kappa shape index (κ3) is 2.66. The van der Waals surface area contributed by atoms with E-state index in [-0.39, 0.29) is 5.56 Å². The number of rotatable bonds is 2. The molecule has 0 spiro atoms. The maximum absolute atomic E-state index is 13.8. The normalized spacial score (nSPS) is 14.2. The average Bonchev–Trinajstić information content (AvgIpc) is 2.26. The van der Waals surface area contributed by atoms with Crippen LogP contribution in [0.25, 0.3) is 0 Å². The molecule has 3 heteroatoms. The van der Waals surface area contributed by atoms with Gasteiger partial charge in [0.1, 0.15) is 17.2 Å². The number of benzene rings is 2. The summed E-state index contributed by atoms with van der Waals surface area (Å²) in [6.07, 6.45) is 0. The highest BCUT2D eigenvalue weighted by Crippen LogP contribution is 2.32. The maximum Gasteiger partial charge on any atom is 0.132 e. The van der Waals surface area contributed by atoms with E-state index in [4.69, 9.17) is 0 Å². The number of aryl methyl sites for hydroxylation is 2. The fourth-order valence-electron chi connectivity index (χ4n) is 2.30. The molecule has 0 fully saturated rings. The minimum Gasteiger partial charge on any atom is -0.381 e. The van der Waals surface area contributed by atoms with Gasteiger partial charge in [-0.15, -0.1) is 0 Å². The number of halogens is 2. The molecule has 1 nitrogen and oxygen atoms in total. The summed E-state index contributed by atoms with van der Waals surface area (Å²) >= 11 is 0. The van der Waals surface area contributed by atoms with E-state index in [9.17, 15) is 13.9 Å². The van der Waals surface area contributed by atoms with Crippen molar-refractivity contribution in [2.75, 3.05) is 0 Å². The molecule has 0 bridgehead atoms. The SMILES string of the molecule is Cc1cc(C)cc(C(C)(O)c2ccc(F)cc2F)c1. The van der Waals surface area contributed by atoms with Crippen LogP contribution in [0.4, 0.5) is 8.78 Å². The highest BCUT2D eigenvalue weighted by molar-refractivity contribution is 5.40. The predicted octanol–water partition coefficient (Wildman–Crippen LogP) is 3.84. The van der Waals surface area contributed by atoms with Crippen molar-refractivity contribution in [2.24, 2.45) is 0 Å².